The number of hydrogen-bond acceptors (Lipinski definition) is 1. The molecule has 0 spiro atoms. The van der Waals surface area contributed by atoms with E-state index < -0.39 is 0 Å². The maximum atomic E-state index is 2.64. The van der Waals surface area contributed by atoms with E-state index in [0.717, 1.165) is 29.2 Å². The van der Waals surface area contributed by atoms with Gasteiger partial charge in [-0.3, -0.25) is 0 Å². The molecule has 88 heavy (non-hydrogen) atoms. The maximum absolute atomic E-state index is 2.64. The van der Waals surface area contributed by atoms with Crippen LogP contribution in [0.5, 0.6) is 0 Å². The molecule has 444 valence electrons. The van der Waals surface area contributed by atoms with Crippen molar-refractivity contribution in [1.82, 2.24) is 9.13 Å². The topological polar surface area (TPSA) is 13.1 Å². The van der Waals surface area contributed by atoms with Crippen LogP contribution >= 0.6 is 0 Å². The van der Waals surface area contributed by atoms with Gasteiger partial charge in [0.1, 0.15) is 0 Å². The molecule has 13 rings (SSSR count). The predicted octanol–water partition coefficient (Wildman–Crippen LogP) is 25.1. The van der Waals surface area contributed by atoms with Crippen molar-refractivity contribution in [1.29, 1.82) is 0 Å². The average molecular weight is 1150 g/mol. The zero-order chi connectivity index (χ0) is 60.1. The maximum Gasteiger partial charge on any atom is 0.0561 e. The lowest BCUT2D eigenvalue weighted by Crippen LogP contribution is -2.26. The lowest BCUT2D eigenvalue weighted by atomic mass is 9.70. The average Bonchev–Trinajstić information content (AvgIpc) is 1.74. The Kier molecular flexibility index (Phi) is 17.4. The lowest BCUT2D eigenvalue weighted by molar-refractivity contribution is 0.398. The highest BCUT2D eigenvalue weighted by atomic mass is 15.1. The number of hydrogen-bond donors (Lipinski definition) is 0. The number of unbranched alkanes of at least 4 members (excludes halogenated alkanes) is 12. The minimum atomic E-state index is 0.0343. The van der Waals surface area contributed by atoms with E-state index in [0.29, 0.717) is 0 Å². The van der Waals surface area contributed by atoms with Crippen molar-refractivity contribution in [2.75, 3.05) is 4.90 Å². The van der Waals surface area contributed by atoms with Crippen LogP contribution in [0.3, 0.4) is 0 Å². The van der Waals surface area contributed by atoms with E-state index >= 15 is 0 Å². The molecule has 3 heteroatoms. The van der Waals surface area contributed by atoms with Crippen molar-refractivity contribution in [3.8, 4) is 44.8 Å². The molecule has 1 aliphatic carbocycles. The van der Waals surface area contributed by atoms with Gasteiger partial charge < -0.3 is 14.0 Å². The van der Waals surface area contributed by atoms with Crippen LogP contribution < -0.4 is 4.90 Å². The van der Waals surface area contributed by atoms with E-state index in [1.165, 1.54) is 214 Å². The lowest BCUT2D eigenvalue weighted by Gasteiger charge is -2.33. The molecule has 0 amide bonds. The van der Waals surface area contributed by atoms with Gasteiger partial charge in [-0.2, -0.15) is 0 Å². The molecule has 0 radical (unpaired) electrons. The Bertz CT molecular complexity index is 4360. The number of rotatable bonds is 25. The third kappa shape index (κ3) is 11.4. The number of aromatic nitrogens is 2. The van der Waals surface area contributed by atoms with Crippen LogP contribution in [0.1, 0.15) is 163 Å². The van der Waals surface area contributed by atoms with Crippen LogP contribution in [-0.2, 0) is 11.8 Å². The fraction of sp³-hybridized carbons (Fsp3) is 0.294. The summed E-state index contributed by atoms with van der Waals surface area (Å²) in [5.74, 6) is 0. The first-order valence-corrected chi connectivity index (χ1v) is 33.8. The molecule has 1 aliphatic rings. The molecule has 0 saturated heterocycles. The van der Waals surface area contributed by atoms with Gasteiger partial charge >= 0.3 is 0 Å². The number of anilines is 3. The molecule has 0 bridgehead atoms. The van der Waals surface area contributed by atoms with Gasteiger partial charge in [0.2, 0.25) is 0 Å². The molecule has 10 aromatic carbocycles. The summed E-state index contributed by atoms with van der Waals surface area (Å²) in [7, 11) is 0. The summed E-state index contributed by atoms with van der Waals surface area (Å²) >= 11 is 0. The Morgan fingerprint density at radius 3 is 1.43 bits per heavy atom. The largest absolute Gasteiger partial charge is 0.311 e. The van der Waals surface area contributed by atoms with Gasteiger partial charge in [-0.25, -0.2) is 0 Å². The highest BCUT2D eigenvalue weighted by Gasteiger charge is 2.43. The molecular formula is C85H89N3. The fourth-order valence-corrected chi connectivity index (χ4v) is 15.1. The first-order chi connectivity index (χ1) is 43.2. The van der Waals surface area contributed by atoms with Crippen LogP contribution in [0.2, 0.25) is 0 Å². The molecule has 0 aliphatic heterocycles. The quantitative estimate of drug-likeness (QED) is 0.0520. The Labute approximate surface area is 524 Å². The third-order valence-electron chi connectivity index (χ3n) is 19.8. The molecule has 2 aromatic heterocycles. The van der Waals surface area contributed by atoms with E-state index in [1.807, 2.05) is 0 Å². The van der Waals surface area contributed by atoms with Crippen LogP contribution in [0.4, 0.5) is 17.1 Å². The second-order valence-electron chi connectivity index (χ2n) is 25.9. The smallest absolute Gasteiger partial charge is 0.0561 e. The molecule has 0 atom stereocenters. The standard InChI is InChI=1S/C85H89N3/c1-7-10-13-15-17-24-53-85(54-25-18-16-14-11-8-2)79-55-61(5)33-50-72(79)78-56-62(6)77(59-80(78)85)65-38-47-69(48-39-65)86(67-41-31-60(4)32-42-67)68-45-36-64(37-46-68)66-40-51-75-73-27-21-23-30-82(73)88(83(75)57-66)71-49-52-76-74-28-20-22-29-81(74)87(84(76)58-71)70-43-34-63(35-44-70)26-19-12-9-3/h20-23,27-52,55-59H,7-19,24-26,53-54H2,1-6H3. The number of fused-ring (bicyclic) bond motifs is 9. The first kappa shape index (κ1) is 58.6. The molecule has 0 unspecified atom stereocenters. The van der Waals surface area contributed by atoms with Gasteiger partial charge in [0.15, 0.2) is 0 Å². The summed E-state index contributed by atoms with van der Waals surface area (Å²) in [6, 6.07) is 81.5. The summed E-state index contributed by atoms with van der Waals surface area (Å²) in [4.78, 5) is 2.42. The Balaban J connectivity index is 0.835. The van der Waals surface area contributed by atoms with Gasteiger partial charge in [0, 0.05) is 55.4 Å². The van der Waals surface area contributed by atoms with Gasteiger partial charge in [0.25, 0.3) is 0 Å². The number of aryl methyl sites for hydroxylation is 4. The predicted molar refractivity (Wildman–Crippen MR) is 380 cm³/mol. The highest BCUT2D eigenvalue weighted by Crippen LogP contribution is 2.56. The summed E-state index contributed by atoms with van der Waals surface area (Å²) < 4.78 is 4.95. The number of para-hydroxylation sites is 2. The van der Waals surface area contributed by atoms with Crippen molar-refractivity contribution >= 4 is 60.7 Å². The third-order valence-corrected chi connectivity index (χ3v) is 19.8. The molecule has 3 nitrogen and oxygen atoms in total. The van der Waals surface area contributed by atoms with Crippen LogP contribution in [0.15, 0.2) is 212 Å². The van der Waals surface area contributed by atoms with Gasteiger partial charge in [-0.15, -0.1) is 0 Å². The van der Waals surface area contributed by atoms with Gasteiger partial charge in [-0.1, -0.05) is 249 Å². The van der Waals surface area contributed by atoms with Crippen LogP contribution in [-0.4, -0.2) is 9.13 Å². The molecule has 0 fully saturated rings. The monoisotopic (exact) mass is 1150 g/mol. The second kappa shape index (κ2) is 26.1. The Hall–Kier alpha value is -8.40. The van der Waals surface area contributed by atoms with Crippen molar-refractivity contribution in [2.24, 2.45) is 0 Å². The minimum absolute atomic E-state index is 0.0343. The van der Waals surface area contributed by atoms with E-state index in [-0.39, 0.29) is 5.41 Å². The van der Waals surface area contributed by atoms with E-state index in [4.69, 9.17) is 0 Å². The first-order valence-electron chi connectivity index (χ1n) is 33.8. The molecular weight excluding hydrogens is 1060 g/mol. The minimum Gasteiger partial charge on any atom is -0.311 e. The van der Waals surface area contributed by atoms with Crippen molar-refractivity contribution in [3.05, 3.63) is 246 Å². The highest BCUT2D eigenvalue weighted by molar-refractivity contribution is 6.12. The Morgan fingerprint density at radius 2 is 0.807 bits per heavy atom. The van der Waals surface area contributed by atoms with E-state index in [9.17, 15) is 0 Å². The molecule has 0 N–H and O–H groups in total. The SMILES string of the molecule is CCCCCCCCC1(CCCCCCCC)c2cc(C)ccc2-c2cc(C)c(-c3ccc(N(c4ccc(C)cc4)c4ccc(-c5ccc6c7ccccc7n(-c7ccc8c9ccccc9n(-c9ccc(CCCCC)cc9)c8c7)c6c5)cc4)cc3)cc21. The molecule has 12 aromatic rings. The molecule has 0 saturated carbocycles. The summed E-state index contributed by atoms with van der Waals surface area (Å²) in [5, 5.41) is 5.04. The number of benzene rings is 10. The van der Waals surface area contributed by atoms with Crippen molar-refractivity contribution in [2.45, 2.75) is 163 Å². The van der Waals surface area contributed by atoms with Crippen molar-refractivity contribution in [3.63, 3.8) is 0 Å². The zero-order valence-corrected chi connectivity index (χ0v) is 53.3. The summed E-state index contributed by atoms with van der Waals surface area (Å²) in [6.07, 6.45) is 23.2. The summed E-state index contributed by atoms with van der Waals surface area (Å²) in [6.45, 7) is 13.7. The fourth-order valence-electron chi connectivity index (χ4n) is 15.1. The van der Waals surface area contributed by atoms with Gasteiger partial charge in [-0.05, 0) is 187 Å². The Morgan fingerprint density at radius 1 is 0.330 bits per heavy atom. The molecule has 2 heterocycles. The van der Waals surface area contributed by atoms with Crippen LogP contribution in [0.25, 0.3) is 88.4 Å². The van der Waals surface area contributed by atoms with Crippen LogP contribution in [0, 0.1) is 20.8 Å². The summed E-state index contributed by atoms with van der Waals surface area (Å²) in [5.41, 5.74) is 27.1. The second-order valence-corrected chi connectivity index (χ2v) is 25.9. The van der Waals surface area contributed by atoms with Crippen molar-refractivity contribution < 1.29 is 0 Å². The van der Waals surface area contributed by atoms with E-state index in [2.05, 4.69) is 268 Å². The van der Waals surface area contributed by atoms with E-state index in [1.54, 1.807) is 11.1 Å². The number of nitrogens with zero attached hydrogens (tertiary/aromatic N) is 3. The zero-order valence-electron chi connectivity index (χ0n) is 53.3. The normalized spacial score (nSPS) is 12.7. The van der Waals surface area contributed by atoms with Gasteiger partial charge in [0.05, 0.1) is 22.1 Å².